The fraction of sp³-hybridized carbons (Fsp3) is 0.318. The zero-order valence-corrected chi connectivity index (χ0v) is 19.5. The van der Waals surface area contributed by atoms with Crippen LogP contribution in [0.4, 0.5) is 5.13 Å². The van der Waals surface area contributed by atoms with Crippen LogP contribution in [0.2, 0.25) is 0 Å². The molecule has 3 aromatic heterocycles. The number of fused-ring (bicyclic) bond motifs is 3. The van der Waals surface area contributed by atoms with E-state index >= 15 is 0 Å². The molecule has 0 aliphatic heterocycles. The number of hydrogen-bond donors (Lipinski definition) is 1. The van der Waals surface area contributed by atoms with Crippen molar-refractivity contribution < 1.29 is 4.79 Å². The van der Waals surface area contributed by atoms with Gasteiger partial charge in [-0.1, -0.05) is 53.4 Å². The third kappa shape index (κ3) is 4.63. The van der Waals surface area contributed by atoms with Crippen LogP contribution in [0.3, 0.4) is 0 Å². The van der Waals surface area contributed by atoms with Gasteiger partial charge in [0.15, 0.2) is 0 Å². The summed E-state index contributed by atoms with van der Waals surface area (Å²) in [5.74, 6) is 0.988. The Kier molecular flexibility index (Phi) is 5.97. The maximum absolute atomic E-state index is 12.5. The number of thiophene rings is 1. The third-order valence-electron chi connectivity index (χ3n) is 5.15. The van der Waals surface area contributed by atoms with E-state index in [1.165, 1.54) is 51.9 Å². The van der Waals surface area contributed by atoms with E-state index in [1.807, 2.05) is 25.1 Å². The van der Waals surface area contributed by atoms with Gasteiger partial charge in [-0.25, -0.2) is 9.97 Å². The number of amides is 1. The molecule has 0 unspecified atom stereocenters. The van der Waals surface area contributed by atoms with Gasteiger partial charge in [-0.2, -0.15) is 0 Å². The molecule has 1 aliphatic rings. The van der Waals surface area contributed by atoms with Gasteiger partial charge >= 0.3 is 0 Å². The first kappa shape index (κ1) is 20.5. The van der Waals surface area contributed by atoms with E-state index in [0.717, 1.165) is 38.9 Å². The van der Waals surface area contributed by atoms with Gasteiger partial charge in [0.1, 0.15) is 20.7 Å². The molecule has 3 heterocycles. The van der Waals surface area contributed by atoms with Crippen LogP contribution in [0.5, 0.6) is 0 Å². The zero-order valence-electron chi connectivity index (χ0n) is 17.1. The highest BCUT2D eigenvalue weighted by molar-refractivity contribution is 8.00. The number of carbonyl (C=O) groups is 1. The van der Waals surface area contributed by atoms with Crippen molar-refractivity contribution in [2.75, 3.05) is 11.1 Å². The first-order valence-corrected chi connectivity index (χ1v) is 12.9. The predicted octanol–water partition coefficient (Wildman–Crippen LogP) is 5.05. The van der Waals surface area contributed by atoms with E-state index in [0.29, 0.717) is 11.6 Å². The molecule has 158 valence electrons. The quantitative estimate of drug-likeness (QED) is 0.316. The molecule has 0 saturated carbocycles. The highest BCUT2D eigenvalue weighted by Crippen LogP contribution is 2.39. The second-order valence-electron chi connectivity index (χ2n) is 7.46. The fourth-order valence-corrected chi connectivity index (χ4v) is 6.59. The standard InChI is InChI=1S/C22H21N5OS3/c1-13-26-27-22(30-13)25-18(28)12-29-20-19-15-9-5-6-10-16(15)31-21(19)24-17(23-20)11-14-7-3-2-4-8-14/h2-4,7-8H,5-6,9-12H2,1H3,(H,25,27,28). The first-order valence-electron chi connectivity index (χ1n) is 10.2. The second-order valence-corrected chi connectivity index (χ2v) is 10.7. The largest absolute Gasteiger partial charge is 0.300 e. The maximum Gasteiger partial charge on any atom is 0.236 e. The summed E-state index contributed by atoms with van der Waals surface area (Å²) in [7, 11) is 0. The molecule has 0 saturated heterocycles. The summed E-state index contributed by atoms with van der Waals surface area (Å²) < 4.78 is 0. The molecule has 1 N–H and O–H groups in total. The lowest BCUT2D eigenvalue weighted by atomic mass is 9.97. The Morgan fingerprint density at radius 3 is 2.74 bits per heavy atom. The Bertz CT molecular complexity index is 1230. The van der Waals surface area contributed by atoms with Gasteiger partial charge < -0.3 is 0 Å². The van der Waals surface area contributed by atoms with E-state index in [1.54, 1.807) is 11.3 Å². The Morgan fingerprint density at radius 2 is 1.94 bits per heavy atom. The minimum Gasteiger partial charge on any atom is -0.300 e. The Morgan fingerprint density at radius 1 is 1.10 bits per heavy atom. The lowest BCUT2D eigenvalue weighted by molar-refractivity contribution is -0.113. The molecule has 4 aromatic rings. The van der Waals surface area contributed by atoms with E-state index < -0.39 is 0 Å². The van der Waals surface area contributed by atoms with Crippen LogP contribution in [-0.2, 0) is 24.1 Å². The zero-order chi connectivity index (χ0) is 21.2. The maximum atomic E-state index is 12.5. The minimum atomic E-state index is -0.0957. The van der Waals surface area contributed by atoms with Crippen molar-refractivity contribution in [2.24, 2.45) is 0 Å². The number of thioether (sulfide) groups is 1. The van der Waals surface area contributed by atoms with Crippen molar-refractivity contribution in [2.45, 2.75) is 44.1 Å². The summed E-state index contributed by atoms with van der Waals surface area (Å²) in [6, 6.07) is 10.3. The number of hydrogen-bond acceptors (Lipinski definition) is 8. The first-order chi connectivity index (χ1) is 15.2. The average molecular weight is 468 g/mol. The van der Waals surface area contributed by atoms with Gasteiger partial charge in [-0.05, 0) is 43.7 Å². The Balaban J connectivity index is 1.43. The molecule has 9 heteroatoms. The molecule has 0 fully saturated rings. The van der Waals surface area contributed by atoms with Crippen LogP contribution in [-0.4, -0.2) is 31.8 Å². The summed E-state index contributed by atoms with van der Waals surface area (Å²) in [6.45, 7) is 1.87. The number of rotatable bonds is 6. The predicted molar refractivity (Wildman–Crippen MR) is 127 cm³/mol. The Hall–Kier alpha value is -2.36. The fourth-order valence-electron chi connectivity index (χ4n) is 3.76. The van der Waals surface area contributed by atoms with Crippen molar-refractivity contribution in [1.82, 2.24) is 20.2 Å². The van der Waals surface area contributed by atoms with Gasteiger partial charge in [-0.3, -0.25) is 10.1 Å². The van der Waals surface area contributed by atoms with Gasteiger partial charge in [0.2, 0.25) is 11.0 Å². The van der Waals surface area contributed by atoms with Gasteiger partial charge in [-0.15, -0.1) is 21.5 Å². The van der Waals surface area contributed by atoms with Crippen LogP contribution >= 0.6 is 34.4 Å². The molecular weight excluding hydrogens is 446 g/mol. The molecule has 1 aromatic carbocycles. The second kappa shape index (κ2) is 9.02. The molecule has 0 bridgehead atoms. The third-order valence-corrected chi connectivity index (χ3v) is 8.06. The summed E-state index contributed by atoms with van der Waals surface area (Å²) in [4.78, 5) is 24.8. The molecular formula is C22H21N5OS3. The van der Waals surface area contributed by atoms with Crippen molar-refractivity contribution in [3.05, 3.63) is 57.2 Å². The van der Waals surface area contributed by atoms with Gasteiger partial charge in [0.25, 0.3) is 0 Å². The SMILES string of the molecule is Cc1nnc(NC(=O)CSc2nc(Cc3ccccc3)nc3sc4c(c23)CCCC4)s1. The molecule has 31 heavy (non-hydrogen) atoms. The van der Waals surface area contributed by atoms with Crippen LogP contribution in [0, 0.1) is 6.92 Å². The number of carbonyl (C=O) groups excluding carboxylic acids is 1. The van der Waals surface area contributed by atoms with Crippen molar-refractivity contribution in [3.8, 4) is 0 Å². The number of anilines is 1. The monoisotopic (exact) mass is 467 g/mol. The van der Waals surface area contributed by atoms with Crippen LogP contribution in [0.25, 0.3) is 10.2 Å². The van der Waals surface area contributed by atoms with Crippen LogP contribution < -0.4 is 5.32 Å². The highest BCUT2D eigenvalue weighted by atomic mass is 32.2. The van der Waals surface area contributed by atoms with Crippen molar-refractivity contribution in [3.63, 3.8) is 0 Å². The van der Waals surface area contributed by atoms with E-state index in [4.69, 9.17) is 9.97 Å². The van der Waals surface area contributed by atoms with E-state index in [2.05, 4.69) is 27.6 Å². The molecule has 0 atom stereocenters. The number of nitrogens with one attached hydrogen (secondary N) is 1. The summed E-state index contributed by atoms with van der Waals surface area (Å²) in [6.07, 6.45) is 5.30. The smallest absolute Gasteiger partial charge is 0.236 e. The number of benzene rings is 1. The van der Waals surface area contributed by atoms with Gasteiger partial charge in [0.05, 0.1) is 5.75 Å². The van der Waals surface area contributed by atoms with E-state index in [9.17, 15) is 4.79 Å². The molecule has 1 aliphatic carbocycles. The summed E-state index contributed by atoms with van der Waals surface area (Å²) in [5, 5.41) is 14.2. The van der Waals surface area contributed by atoms with Crippen LogP contribution in [0.15, 0.2) is 35.4 Å². The minimum absolute atomic E-state index is 0.0957. The number of nitrogens with zero attached hydrogens (tertiary/aromatic N) is 4. The highest BCUT2D eigenvalue weighted by Gasteiger charge is 2.22. The Labute approximate surface area is 192 Å². The van der Waals surface area contributed by atoms with Crippen LogP contribution in [0.1, 0.15) is 39.7 Å². The molecule has 1 amide bonds. The van der Waals surface area contributed by atoms with Crippen molar-refractivity contribution in [1.29, 1.82) is 0 Å². The van der Waals surface area contributed by atoms with E-state index in [-0.39, 0.29) is 11.7 Å². The molecule has 6 nitrogen and oxygen atoms in total. The number of aromatic nitrogens is 4. The molecule has 0 radical (unpaired) electrons. The summed E-state index contributed by atoms with van der Waals surface area (Å²) in [5.41, 5.74) is 2.57. The molecule has 0 spiro atoms. The van der Waals surface area contributed by atoms with Crippen molar-refractivity contribution >= 4 is 55.7 Å². The average Bonchev–Trinajstić information content (AvgIpc) is 3.35. The van der Waals surface area contributed by atoms with Gasteiger partial charge in [0, 0.05) is 16.7 Å². The summed E-state index contributed by atoms with van der Waals surface area (Å²) >= 11 is 4.66. The topological polar surface area (TPSA) is 80.7 Å². The number of aryl methyl sites for hydroxylation is 3. The lowest BCUT2D eigenvalue weighted by Gasteiger charge is -2.12. The normalized spacial score (nSPS) is 13.3. The molecule has 5 rings (SSSR count). The lowest BCUT2D eigenvalue weighted by Crippen LogP contribution is -2.14.